The van der Waals surface area contributed by atoms with Crippen LogP contribution in [-0.2, 0) is 28.6 Å². The number of nitrogens with zero attached hydrogens (tertiary/aromatic N) is 1. The van der Waals surface area contributed by atoms with E-state index in [-0.39, 0.29) is 36.2 Å². The number of hydrogen-bond donors (Lipinski definition) is 1. The Morgan fingerprint density at radius 2 is 1.02 bits per heavy atom. The Bertz CT molecular complexity index is 1230. The van der Waals surface area contributed by atoms with Crippen LogP contribution in [0.1, 0.15) is 136 Å². The lowest BCUT2D eigenvalue weighted by Crippen LogP contribution is -2.50. The first-order chi connectivity index (χ1) is 27.1. The fraction of sp³-hybridized carbons (Fsp3) is 0.604. The zero-order valence-electron chi connectivity index (χ0n) is 35.8. The molecule has 2 unspecified atom stereocenters. The molecule has 0 aromatic rings. The molecule has 0 aliphatic carbocycles. The molecule has 0 saturated carbocycles. The van der Waals surface area contributed by atoms with Crippen molar-refractivity contribution in [3.63, 3.8) is 0 Å². The molecule has 0 aliphatic heterocycles. The summed E-state index contributed by atoms with van der Waals surface area (Å²) >= 11 is 0. The van der Waals surface area contributed by atoms with Crippen LogP contribution in [-0.4, -0.2) is 80.6 Å². The zero-order valence-corrected chi connectivity index (χ0v) is 35.8. The van der Waals surface area contributed by atoms with Crippen LogP contribution in [0, 0.1) is 0 Å². The van der Waals surface area contributed by atoms with Crippen LogP contribution in [0.2, 0.25) is 0 Å². The summed E-state index contributed by atoms with van der Waals surface area (Å²) in [7, 11) is 5.49. The second kappa shape index (κ2) is 38.1. The van der Waals surface area contributed by atoms with Gasteiger partial charge in [-0.3, -0.25) is 9.59 Å². The Balaban J connectivity index is 4.51. The molecule has 0 fully saturated rings. The van der Waals surface area contributed by atoms with Crippen LogP contribution < -0.4 is 0 Å². The van der Waals surface area contributed by atoms with Crippen LogP contribution >= 0.6 is 0 Å². The van der Waals surface area contributed by atoms with Gasteiger partial charge in [0.25, 0.3) is 0 Å². The molecule has 56 heavy (non-hydrogen) atoms. The molecule has 0 spiro atoms. The van der Waals surface area contributed by atoms with Gasteiger partial charge in [0.15, 0.2) is 12.1 Å². The number of quaternary nitrogens is 1. The van der Waals surface area contributed by atoms with E-state index in [1.807, 2.05) is 94.1 Å². The highest BCUT2D eigenvalue weighted by Gasteiger charge is 2.31. The lowest BCUT2D eigenvalue weighted by atomic mass is 10.1. The van der Waals surface area contributed by atoms with E-state index in [1.54, 1.807) is 0 Å². The fourth-order valence-electron chi connectivity index (χ4n) is 5.60. The van der Waals surface area contributed by atoms with Crippen molar-refractivity contribution >= 4 is 17.9 Å². The highest BCUT2D eigenvalue weighted by Crippen LogP contribution is 2.12. The summed E-state index contributed by atoms with van der Waals surface area (Å²) in [6, 6.07) is -0.629. The van der Waals surface area contributed by atoms with Crippen molar-refractivity contribution in [2.75, 3.05) is 41.0 Å². The minimum Gasteiger partial charge on any atom is -0.477 e. The van der Waals surface area contributed by atoms with Gasteiger partial charge < -0.3 is 23.8 Å². The Hall–Kier alpha value is -3.75. The lowest BCUT2D eigenvalue weighted by Gasteiger charge is -2.31. The predicted octanol–water partition coefficient (Wildman–Crippen LogP) is 11.5. The average Bonchev–Trinajstić information content (AvgIpc) is 3.15. The average molecular weight is 781 g/mol. The van der Waals surface area contributed by atoms with Gasteiger partial charge in [-0.05, 0) is 57.8 Å². The number of unbranched alkanes of at least 4 members (excludes halogenated alkanes) is 12. The molecule has 0 heterocycles. The molecular formula is C48H78NO7+. The molecule has 0 radical (unpaired) electrons. The summed E-state index contributed by atoms with van der Waals surface area (Å²) in [6.07, 6.45) is 50.2. The maximum atomic E-state index is 12.7. The van der Waals surface area contributed by atoms with E-state index in [2.05, 4.69) is 38.2 Å². The van der Waals surface area contributed by atoms with Crippen molar-refractivity contribution in [2.45, 2.75) is 148 Å². The van der Waals surface area contributed by atoms with Gasteiger partial charge in [0.1, 0.15) is 6.61 Å². The molecule has 2 atom stereocenters. The molecule has 8 heteroatoms. The predicted molar refractivity (Wildman–Crippen MR) is 233 cm³/mol. The van der Waals surface area contributed by atoms with Gasteiger partial charge in [-0.1, -0.05) is 156 Å². The molecule has 0 aromatic carbocycles. The molecule has 8 nitrogen and oxygen atoms in total. The van der Waals surface area contributed by atoms with Crippen LogP contribution in [0.4, 0.5) is 0 Å². The van der Waals surface area contributed by atoms with Gasteiger partial charge in [-0.2, -0.15) is 0 Å². The minimum absolute atomic E-state index is 0.0335. The molecule has 0 aliphatic rings. The number of carbonyl (C=O) groups excluding carboxylic acids is 2. The van der Waals surface area contributed by atoms with Crippen molar-refractivity contribution in [2.24, 2.45) is 0 Å². The Kier molecular flexibility index (Phi) is 35.6. The summed E-state index contributed by atoms with van der Waals surface area (Å²) in [5.74, 6) is -1.56. The first-order valence-corrected chi connectivity index (χ1v) is 21.4. The number of hydrogen-bond acceptors (Lipinski definition) is 6. The van der Waals surface area contributed by atoms with Gasteiger partial charge in [0.2, 0.25) is 0 Å². The molecular weight excluding hydrogens is 703 g/mol. The number of ether oxygens (including phenoxy) is 3. The second-order valence-corrected chi connectivity index (χ2v) is 15.0. The third-order valence-corrected chi connectivity index (χ3v) is 8.91. The largest absolute Gasteiger partial charge is 0.477 e. The van der Waals surface area contributed by atoms with Crippen molar-refractivity contribution in [1.29, 1.82) is 0 Å². The Labute approximate surface area is 341 Å². The fourth-order valence-corrected chi connectivity index (χ4v) is 5.60. The van der Waals surface area contributed by atoms with Crippen molar-refractivity contribution in [3.8, 4) is 0 Å². The molecule has 1 N–H and O–H groups in total. The van der Waals surface area contributed by atoms with E-state index in [0.29, 0.717) is 25.7 Å². The van der Waals surface area contributed by atoms with Gasteiger partial charge >= 0.3 is 17.9 Å². The summed E-state index contributed by atoms with van der Waals surface area (Å²) < 4.78 is 17.2. The number of likely N-dealkylation sites (N-methyl/N-ethyl adjacent to an activating group) is 1. The topological polar surface area (TPSA) is 99.1 Å². The van der Waals surface area contributed by atoms with Crippen molar-refractivity contribution in [3.05, 3.63) is 97.2 Å². The molecule has 0 bridgehead atoms. The highest BCUT2D eigenvalue weighted by atomic mass is 16.6. The normalized spacial score (nSPS) is 13.9. The van der Waals surface area contributed by atoms with Gasteiger partial charge in [-0.15, -0.1) is 0 Å². The van der Waals surface area contributed by atoms with Gasteiger partial charge in [-0.25, -0.2) is 4.79 Å². The molecule has 0 amide bonds. The van der Waals surface area contributed by atoms with E-state index in [0.717, 1.165) is 57.8 Å². The maximum absolute atomic E-state index is 12.7. The SMILES string of the molecule is CC/C=C/C=C/C=C/C=C/C=C/C=C/C=C/CCCCCC(=O)OCC(COCCC(C(=O)O)[N+](C)(C)C)OC(=O)CCCCC/C=C/CCCCCCCC. The minimum atomic E-state index is -0.889. The number of carboxylic acids is 1. The van der Waals surface area contributed by atoms with Crippen LogP contribution in [0.5, 0.6) is 0 Å². The van der Waals surface area contributed by atoms with E-state index in [1.165, 1.54) is 38.5 Å². The third-order valence-electron chi connectivity index (χ3n) is 8.91. The standard InChI is InChI=1S/C48H77NO7/c1-6-8-10-12-14-16-18-20-21-22-23-24-25-27-28-30-32-34-36-38-46(50)55-43-44(42-54-41-40-45(48(52)53)49(3,4)5)56-47(51)39-37-35-33-31-29-26-19-17-15-13-11-9-7-2/h8,10,12,14,16,18,20-29,44-45H,6-7,9,11,13,15,17,19,30-43H2,1-5H3/p+1/b10-8+,14-12+,18-16+,21-20+,23-22+,25-24+,28-27+,29-26+. The van der Waals surface area contributed by atoms with Crippen molar-refractivity contribution in [1.82, 2.24) is 0 Å². The smallest absolute Gasteiger partial charge is 0.362 e. The summed E-state index contributed by atoms with van der Waals surface area (Å²) in [5.41, 5.74) is 0. The van der Waals surface area contributed by atoms with Gasteiger partial charge in [0.05, 0.1) is 34.4 Å². The molecule has 316 valence electrons. The summed E-state index contributed by atoms with van der Waals surface area (Å²) in [6.45, 7) is 4.49. The number of carboxylic acid groups (broad SMARTS) is 1. The van der Waals surface area contributed by atoms with Gasteiger partial charge in [0, 0.05) is 19.3 Å². The van der Waals surface area contributed by atoms with Crippen LogP contribution in [0.15, 0.2) is 97.2 Å². The number of aliphatic carboxylic acids is 1. The zero-order chi connectivity index (χ0) is 41.4. The summed E-state index contributed by atoms with van der Waals surface area (Å²) in [5, 5.41) is 9.61. The highest BCUT2D eigenvalue weighted by molar-refractivity contribution is 5.72. The molecule has 0 aromatic heterocycles. The first-order valence-electron chi connectivity index (χ1n) is 21.4. The first kappa shape index (κ1) is 52.2. The number of allylic oxidation sites excluding steroid dienone is 16. The molecule has 0 rings (SSSR count). The van der Waals surface area contributed by atoms with E-state index in [9.17, 15) is 19.5 Å². The van der Waals surface area contributed by atoms with Crippen LogP contribution in [0.3, 0.4) is 0 Å². The summed E-state index contributed by atoms with van der Waals surface area (Å²) in [4.78, 5) is 36.9. The molecule has 0 saturated heterocycles. The number of esters is 2. The second-order valence-electron chi connectivity index (χ2n) is 15.0. The Morgan fingerprint density at radius 1 is 0.554 bits per heavy atom. The van der Waals surface area contributed by atoms with E-state index >= 15 is 0 Å². The Morgan fingerprint density at radius 3 is 1.54 bits per heavy atom. The number of rotatable bonds is 36. The van der Waals surface area contributed by atoms with Crippen LogP contribution in [0.25, 0.3) is 0 Å². The lowest BCUT2D eigenvalue weighted by molar-refractivity contribution is -0.887. The maximum Gasteiger partial charge on any atom is 0.362 e. The van der Waals surface area contributed by atoms with E-state index in [4.69, 9.17) is 14.2 Å². The monoisotopic (exact) mass is 781 g/mol. The number of carbonyl (C=O) groups is 3. The third kappa shape index (κ3) is 35.9. The quantitative estimate of drug-likeness (QED) is 0.0222. The van der Waals surface area contributed by atoms with E-state index < -0.39 is 18.1 Å². The van der Waals surface area contributed by atoms with Crippen molar-refractivity contribution < 1.29 is 38.2 Å².